The molecular weight excluding hydrogens is 354 g/mol. The van der Waals surface area contributed by atoms with Gasteiger partial charge in [0.05, 0.1) is 11.4 Å². The minimum atomic E-state index is -0.467. The normalized spacial score (nSPS) is 11.0. The number of phenolic OH excluding ortho intramolecular Hbond substituents is 2. The van der Waals surface area contributed by atoms with Gasteiger partial charge in [0, 0.05) is 24.8 Å². The number of benzene rings is 2. The molecule has 0 amide bonds. The van der Waals surface area contributed by atoms with Gasteiger partial charge in [-0.05, 0) is 36.4 Å². The molecule has 0 aliphatic heterocycles. The molecule has 0 radical (unpaired) electrons. The molecule has 0 bridgehead atoms. The summed E-state index contributed by atoms with van der Waals surface area (Å²) >= 11 is 0. The Labute approximate surface area is 153 Å². The van der Waals surface area contributed by atoms with E-state index in [9.17, 15) is 19.0 Å². The highest BCUT2D eigenvalue weighted by Gasteiger charge is 2.09. The Morgan fingerprint density at radius 2 is 1.22 bits per heavy atom. The first kappa shape index (κ1) is 16.8. The number of phenols is 2. The largest absolute Gasteiger partial charge is 0.513 e. The van der Waals surface area contributed by atoms with Gasteiger partial charge in [0.15, 0.2) is 6.67 Å². The summed E-state index contributed by atoms with van der Waals surface area (Å²) in [5, 5.41) is 19.8. The number of aromatic hydroxyl groups is 2. The van der Waals surface area contributed by atoms with Gasteiger partial charge in [-0.3, -0.25) is 9.13 Å². The fourth-order valence-electron chi connectivity index (χ4n) is 2.67. The molecule has 6 nitrogen and oxygen atoms in total. The van der Waals surface area contributed by atoms with Gasteiger partial charge < -0.3 is 19.3 Å². The molecular formula is C19H14F2N4O2. The Bertz CT molecular complexity index is 1030. The number of hydrogen-bond donors (Lipinski definition) is 2. The maximum atomic E-state index is 13.4. The minimum absolute atomic E-state index is 0.0673. The van der Waals surface area contributed by atoms with E-state index < -0.39 is 11.6 Å². The molecule has 0 unspecified atom stereocenters. The van der Waals surface area contributed by atoms with Gasteiger partial charge in [-0.15, -0.1) is 0 Å². The first-order chi connectivity index (χ1) is 13.0. The van der Waals surface area contributed by atoms with Gasteiger partial charge in [0.2, 0.25) is 12.7 Å². The molecule has 27 heavy (non-hydrogen) atoms. The fraction of sp³-hybridized carbons (Fsp3) is 0.0526. The van der Waals surface area contributed by atoms with Crippen molar-refractivity contribution in [2.24, 2.45) is 0 Å². The lowest BCUT2D eigenvalue weighted by molar-refractivity contribution is -0.601. The highest BCUT2D eigenvalue weighted by Crippen LogP contribution is 2.18. The first-order valence-corrected chi connectivity index (χ1v) is 7.97. The van der Waals surface area contributed by atoms with E-state index in [0.29, 0.717) is 6.67 Å². The molecule has 2 heterocycles. The predicted molar refractivity (Wildman–Crippen MR) is 88.2 cm³/mol. The second kappa shape index (κ2) is 6.56. The average molecular weight is 368 g/mol. The molecule has 4 aromatic rings. The minimum Gasteiger partial charge on any atom is -0.513 e. The van der Waals surface area contributed by atoms with Crippen molar-refractivity contribution in [1.29, 1.82) is 0 Å². The van der Waals surface area contributed by atoms with E-state index in [1.165, 1.54) is 45.5 Å². The van der Waals surface area contributed by atoms with Crippen molar-refractivity contribution in [1.82, 2.24) is 9.13 Å². The zero-order chi connectivity index (χ0) is 19.0. The Morgan fingerprint density at radius 1 is 0.778 bits per heavy atom. The van der Waals surface area contributed by atoms with E-state index in [1.807, 2.05) is 0 Å². The van der Waals surface area contributed by atoms with E-state index in [-0.39, 0.29) is 22.9 Å². The topological polar surface area (TPSA) is 58.1 Å². The zero-order valence-electron chi connectivity index (χ0n) is 13.9. The Balaban J connectivity index is 1.58. The van der Waals surface area contributed by atoms with Gasteiger partial charge in [-0.1, -0.05) is 0 Å². The van der Waals surface area contributed by atoms with Gasteiger partial charge in [-0.25, -0.2) is 8.78 Å². The summed E-state index contributed by atoms with van der Waals surface area (Å²) in [7, 11) is 0. The van der Waals surface area contributed by atoms with Crippen LogP contribution in [0.2, 0.25) is 0 Å². The van der Waals surface area contributed by atoms with Crippen LogP contribution in [-0.4, -0.2) is 19.3 Å². The second-order valence-electron chi connectivity index (χ2n) is 5.88. The molecule has 0 saturated carbocycles. The van der Waals surface area contributed by atoms with Crippen molar-refractivity contribution in [2.75, 3.05) is 0 Å². The third kappa shape index (κ3) is 3.37. The highest BCUT2D eigenvalue weighted by atomic mass is 19.1. The second-order valence-corrected chi connectivity index (χ2v) is 5.88. The SMILES string of the molecule is Oc1ccc(F)cc1-[n+]1[c-]n(Cn2[c-][n+](-c3cc(F)ccc3O)cc2)cc1. The van der Waals surface area contributed by atoms with E-state index in [2.05, 4.69) is 12.7 Å². The van der Waals surface area contributed by atoms with Crippen LogP contribution < -0.4 is 9.13 Å². The molecule has 136 valence electrons. The van der Waals surface area contributed by atoms with Gasteiger partial charge >= 0.3 is 0 Å². The van der Waals surface area contributed by atoms with Gasteiger partial charge in [-0.2, -0.15) is 0 Å². The maximum absolute atomic E-state index is 13.4. The van der Waals surface area contributed by atoms with Crippen LogP contribution in [0.15, 0.2) is 61.2 Å². The summed E-state index contributed by atoms with van der Waals surface area (Å²) in [4.78, 5) is 0. The average Bonchev–Trinajstić information content (AvgIpc) is 3.29. The number of halogens is 2. The monoisotopic (exact) mass is 368 g/mol. The van der Waals surface area contributed by atoms with Crippen molar-refractivity contribution in [3.63, 3.8) is 0 Å². The van der Waals surface area contributed by atoms with Crippen molar-refractivity contribution in [3.05, 3.63) is 85.5 Å². The third-order valence-electron chi connectivity index (χ3n) is 3.96. The van der Waals surface area contributed by atoms with Crippen LogP contribution in [0, 0.1) is 24.3 Å². The number of rotatable bonds is 4. The number of imidazole rings is 2. The lowest BCUT2D eigenvalue weighted by Gasteiger charge is -2.06. The summed E-state index contributed by atoms with van der Waals surface area (Å²) in [6.07, 6.45) is 12.6. The molecule has 0 spiro atoms. The van der Waals surface area contributed by atoms with Crippen LogP contribution in [-0.2, 0) is 6.67 Å². The summed E-state index contributed by atoms with van der Waals surface area (Å²) in [5.41, 5.74) is 0.537. The van der Waals surface area contributed by atoms with Crippen LogP contribution in [0.1, 0.15) is 0 Å². The maximum Gasteiger partial charge on any atom is 0.246 e. The van der Waals surface area contributed by atoms with E-state index >= 15 is 0 Å². The lowest BCUT2D eigenvalue weighted by Crippen LogP contribution is -2.30. The first-order valence-electron chi connectivity index (χ1n) is 7.97. The Morgan fingerprint density at radius 3 is 1.67 bits per heavy atom. The van der Waals surface area contributed by atoms with Crippen LogP contribution in [0.4, 0.5) is 8.78 Å². The van der Waals surface area contributed by atoms with Gasteiger partial charge in [0.25, 0.3) is 0 Å². The van der Waals surface area contributed by atoms with Crippen molar-refractivity contribution in [3.8, 4) is 22.9 Å². The van der Waals surface area contributed by atoms with Crippen LogP contribution >= 0.6 is 0 Å². The van der Waals surface area contributed by atoms with Crippen molar-refractivity contribution in [2.45, 2.75) is 6.67 Å². The number of nitrogens with zero attached hydrogens (tertiary/aromatic N) is 4. The molecule has 0 aliphatic carbocycles. The van der Waals surface area contributed by atoms with Gasteiger partial charge in [0.1, 0.15) is 23.1 Å². The quantitative estimate of drug-likeness (QED) is 0.425. The zero-order valence-corrected chi connectivity index (χ0v) is 13.9. The summed E-state index contributed by atoms with van der Waals surface area (Å²) in [5.74, 6) is -1.07. The Hall–Kier alpha value is -3.68. The summed E-state index contributed by atoms with van der Waals surface area (Å²) < 4.78 is 33.1. The fourth-order valence-corrected chi connectivity index (χ4v) is 2.67. The molecule has 2 aromatic heterocycles. The molecule has 2 N–H and O–H groups in total. The number of aromatic nitrogens is 4. The lowest BCUT2D eigenvalue weighted by atomic mass is 10.3. The molecule has 2 aromatic carbocycles. The van der Waals surface area contributed by atoms with Crippen LogP contribution in [0.5, 0.6) is 11.5 Å². The van der Waals surface area contributed by atoms with E-state index in [4.69, 9.17) is 0 Å². The standard InChI is InChI=1S/C19H14F2N4O2/c20-14-1-3-18(26)16(9-14)24-7-5-22(12-24)11-23-6-8-25(13-23)17-10-15(21)2-4-19(17)27/h1-10,26-27H,11H2. The molecule has 0 atom stereocenters. The molecule has 4 rings (SSSR count). The predicted octanol–water partition coefficient (Wildman–Crippen LogP) is 1.64. The van der Waals surface area contributed by atoms with Crippen molar-refractivity contribution >= 4 is 0 Å². The number of hydrogen-bond acceptors (Lipinski definition) is 2. The van der Waals surface area contributed by atoms with Crippen LogP contribution in [0.25, 0.3) is 11.4 Å². The van der Waals surface area contributed by atoms with E-state index in [1.54, 1.807) is 33.9 Å². The molecule has 0 saturated heterocycles. The van der Waals surface area contributed by atoms with Crippen LogP contribution in [0.3, 0.4) is 0 Å². The third-order valence-corrected chi connectivity index (χ3v) is 3.96. The van der Waals surface area contributed by atoms with Crippen molar-refractivity contribution < 1.29 is 28.1 Å². The smallest absolute Gasteiger partial charge is 0.246 e. The molecule has 0 aliphatic rings. The highest BCUT2D eigenvalue weighted by molar-refractivity contribution is 5.39. The Kier molecular flexibility index (Phi) is 4.08. The summed E-state index contributed by atoms with van der Waals surface area (Å²) in [6.45, 7) is 0.312. The molecule has 8 heteroatoms. The summed E-state index contributed by atoms with van der Waals surface area (Å²) in [6, 6.07) is 7.31. The molecule has 0 fully saturated rings. The van der Waals surface area contributed by atoms with E-state index in [0.717, 1.165) is 0 Å².